The Bertz CT molecular complexity index is 545. The van der Waals surface area contributed by atoms with Crippen LogP contribution >= 0.6 is 0 Å². The van der Waals surface area contributed by atoms with Crippen molar-refractivity contribution in [3.8, 4) is 0 Å². The zero-order valence-electron chi connectivity index (χ0n) is 13.6. The van der Waals surface area contributed by atoms with Crippen LogP contribution in [0.15, 0.2) is 12.7 Å². The number of nitrogens with zero attached hydrogens (tertiary/aromatic N) is 2. The summed E-state index contributed by atoms with van der Waals surface area (Å²) < 4.78 is 0. The Morgan fingerprint density at radius 1 is 1.22 bits per heavy atom. The fourth-order valence-electron chi connectivity index (χ4n) is 3.16. The van der Waals surface area contributed by atoms with E-state index in [1.54, 1.807) is 0 Å². The first kappa shape index (κ1) is 17.2. The SMILES string of the molecule is C=CCN1C(=O)C(=O)N(CC(=O)N[C@H]2CCC[C@@H](C)[C@H]2C)C1=O. The number of imide groups is 2. The number of urea groups is 1. The Hall–Kier alpha value is -2.18. The van der Waals surface area contributed by atoms with E-state index < -0.39 is 30.3 Å². The molecule has 1 heterocycles. The van der Waals surface area contributed by atoms with Gasteiger partial charge in [0.25, 0.3) is 0 Å². The first-order chi connectivity index (χ1) is 10.9. The summed E-state index contributed by atoms with van der Waals surface area (Å²) in [6.07, 6.45) is 4.43. The fourth-order valence-corrected chi connectivity index (χ4v) is 3.16. The lowest BCUT2D eigenvalue weighted by Gasteiger charge is -2.34. The molecule has 5 amide bonds. The Morgan fingerprint density at radius 3 is 2.52 bits per heavy atom. The number of amides is 5. The molecular formula is C16H23N3O4. The van der Waals surface area contributed by atoms with Gasteiger partial charge in [-0.25, -0.2) is 9.69 Å². The summed E-state index contributed by atoms with van der Waals surface area (Å²) in [5.74, 6) is -1.42. The van der Waals surface area contributed by atoms with Crippen LogP contribution in [0.4, 0.5) is 4.79 Å². The molecule has 23 heavy (non-hydrogen) atoms. The number of nitrogens with one attached hydrogen (secondary N) is 1. The lowest BCUT2D eigenvalue weighted by Crippen LogP contribution is -2.48. The number of hydrogen-bond acceptors (Lipinski definition) is 4. The van der Waals surface area contributed by atoms with Crippen molar-refractivity contribution in [2.45, 2.75) is 39.2 Å². The molecule has 126 valence electrons. The molecule has 0 aromatic carbocycles. The predicted molar refractivity (Wildman–Crippen MR) is 83.1 cm³/mol. The van der Waals surface area contributed by atoms with Crippen molar-refractivity contribution >= 4 is 23.8 Å². The monoisotopic (exact) mass is 321 g/mol. The number of hydrogen-bond donors (Lipinski definition) is 1. The van der Waals surface area contributed by atoms with Gasteiger partial charge in [-0.3, -0.25) is 19.3 Å². The van der Waals surface area contributed by atoms with E-state index in [9.17, 15) is 19.2 Å². The molecule has 2 aliphatic rings. The molecule has 2 rings (SSSR count). The van der Waals surface area contributed by atoms with Gasteiger partial charge in [-0.1, -0.05) is 32.8 Å². The van der Waals surface area contributed by atoms with Crippen LogP contribution in [-0.4, -0.2) is 52.7 Å². The van der Waals surface area contributed by atoms with Gasteiger partial charge >= 0.3 is 17.8 Å². The minimum Gasteiger partial charge on any atom is -0.352 e. The highest BCUT2D eigenvalue weighted by atomic mass is 16.2. The van der Waals surface area contributed by atoms with Gasteiger partial charge in [-0.2, -0.15) is 0 Å². The second-order valence-corrected chi connectivity index (χ2v) is 6.32. The average molecular weight is 321 g/mol. The number of carbonyl (C=O) groups is 4. The second kappa shape index (κ2) is 6.93. The van der Waals surface area contributed by atoms with Crippen LogP contribution < -0.4 is 5.32 Å². The van der Waals surface area contributed by atoms with Gasteiger partial charge in [0.2, 0.25) is 5.91 Å². The van der Waals surface area contributed by atoms with Crippen molar-refractivity contribution in [3.63, 3.8) is 0 Å². The maximum Gasteiger partial charge on any atom is 0.335 e. The van der Waals surface area contributed by atoms with E-state index >= 15 is 0 Å². The summed E-state index contributed by atoms with van der Waals surface area (Å²) in [6, 6.07) is -0.723. The zero-order chi connectivity index (χ0) is 17.1. The number of carbonyl (C=O) groups excluding carboxylic acids is 4. The first-order valence-corrected chi connectivity index (χ1v) is 7.94. The van der Waals surface area contributed by atoms with Crippen LogP contribution in [0.2, 0.25) is 0 Å². The van der Waals surface area contributed by atoms with Crippen LogP contribution in [0.5, 0.6) is 0 Å². The zero-order valence-corrected chi connectivity index (χ0v) is 13.6. The van der Waals surface area contributed by atoms with Gasteiger partial charge in [0.1, 0.15) is 6.54 Å². The summed E-state index contributed by atoms with van der Waals surface area (Å²) >= 11 is 0. The lowest BCUT2D eigenvalue weighted by atomic mass is 9.78. The second-order valence-electron chi connectivity index (χ2n) is 6.32. The Kier molecular flexibility index (Phi) is 5.18. The lowest BCUT2D eigenvalue weighted by molar-refractivity contribution is -0.143. The molecule has 1 saturated heterocycles. The minimum absolute atomic E-state index is 0.0408. The van der Waals surface area contributed by atoms with Crippen LogP contribution in [0.1, 0.15) is 33.1 Å². The molecule has 0 aromatic heterocycles. The molecule has 1 aliphatic heterocycles. The minimum atomic E-state index is -0.961. The molecule has 7 heteroatoms. The molecule has 7 nitrogen and oxygen atoms in total. The highest BCUT2D eigenvalue weighted by molar-refractivity contribution is 6.45. The normalized spacial score (nSPS) is 28.3. The van der Waals surface area contributed by atoms with Crippen LogP contribution in [-0.2, 0) is 14.4 Å². The molecule has 0 unspecified atom stereocenters. The molecule has 0 aromatic rings. The highest BCUT2D eigenvalue weighted by Crippen LogP contribution is 2.29. The molecule has 0 radical (unpaired) electrons. The predicted octanol–water partition coefficient (Wildman–Crippen LogP) is 0.904. The van der Waals surface area contributed by atoms with Gasteiger partial charge in [-0.05, 0) is 18.3 Å². The van der Waals surface area contributed by atoms with Crippen LogP contribution in [0, 0.1) is 11.8 Å². The van der Waals surface area contributed by atoms with E-state index in [4.69, 9.17) is 0 Å². The third-order valence-corrected chi connectivity index (χ3v) is 4.80. The molecule has 3 atom stereocenters. The average Bonchev–Trinajstić information content (AvgIpc) is 2.70. The third-order valence-electron chi connectivity index (χ3n) is 4.80. The highest BCUT2D eigenvalue weighted by Gasteiger charge is 2.44. The molecule has 0 bridgehead atoms. The first-order valence-electron chi connectivity index (χ1n) is 7.94. The summed E-state index contributed by atoms with van der Waals surface area (Å²) in [6.45, 7) is 7.23. The molecule has 2 fully saturated rings. The summed E-state index contributed by atoms with van der Waals surface area (Å²) in [4.78, 5) is 49.3. The summed E-state index contributed by atoms with van der Waals surface area (Å²) in [7, 11) is 0. The van der Waals surface area contributed by atoms with Gasteiger partial charge in [0.05, 0.1) is 0 Å². The molecule has 1 saturated carbocycles. The van der Waals surface area contributed by atoms with E-state index in [0.29, 0.717) is 16.7 Å². The fraction of sp³-hybridized carbons (Fsp3) is 0.625. The van der Waals surface area contributed by atoms with Crippen LogP contribution in [0.25, 0.3) is 0 Å². The van der Waals surface area contributed by atoms with Crippen molar-refractivity contribution in [3.05, 3.63) is 12.7 Å². The van der Waals surface area contributed by atoms with E-state index in [2.05, 4.69) is 25.7 Å². The Balaban J connectivity index is 1.97. The smallest absolute Gasteiger partial charge is 0.335 e. The van der Waals surface area contributed by atoms with E-state index in [-0.39, 0.29) is 12.6 Å². The topological polar surface area (TPSA) is 86.8 Å². The van der Waals surface area contributed by atoms with Crippen molar-refractivity contribution in [1.29, 1.82) is 0 Å². The molecule has 1 N–H and O–H groups in total. The van der Waals surface area contributed by atoms with E-state index in [1.807, 2.05) is 0 Å². The Morgan fingerprint density at radius 2 is 1.87 bits per heavy atom. The van der Waals surface area contributed by atoms with Crippen molar-refractivity contribution in [1.82, 2.24) is 15.1 Å². The number of rotatable bonds is 5. The summed E-state index contributed by atoms with van der Waals surface area (Å²) in [5, 5.41) is 2.89. The van der Waals surface area contributed by atoms with Crippen molar-refractivity contribution in [2.75, 3.05) is 13.1 Å². The third kappa shape index (κ3) is 3.43. The molecular weight excluding hydrogens is 298 g/mol. The molecule has 1 aliphatic carbocycles. The largest absolute Gasteiger partial charge is 0.352 e. The molecule has 0 spiro atoms. The van der Waals surface area contributed by atoms with Gasteiger partial charge in [-0.15, -0.1) is 6.58 Å². The van der Waals surface area contributed by atoms with Gasteiger partial charge in [0.15, 0.2) is 0 Å². The quantitative estimate of drug-likeness (QED) is 0.463. The van der Waals surface area contributed by atoms with E-state index in [0.717, 1.165) is 24.2 Å². The maximum absolute atomic E-state index is 12.2. The standard InChI is InChI=1S/C16H23N3O4/c1-4-8-18-14(21)15(22)19(16(18)23)9-13(20)17-12-7-5-6-10(2)11(12)3/h4,10-12H,1,5-9H2,2-3H3,(H,17,20)/t10-,11-,12+/m1/s1. The van der Waals surface area contributed by atoms with Crippen molar-refractivity contribution < 1.29 is 19.2 Å². The van der Waals surface area contributed by atoms with Gasteiger partial charge in [0, 0.05) is 12.6 Å². The van der Waals surface area contributed by atoms with Gasteiger partial charge < -0.3 is 5.32 Å². The summed E-state index contributed by atoms with van der Waals surface area (Å²) in [5.41, 5.74) is 0. The van der Waals surface area contributed by atoms with Crippen LogP contribution in [0.3, 0.4) is 0 Å². The van der Waals surface area contributed by atoms with Crippen molar-refractivity contribution in [2.24, 2.45) is 11.8 Å². The maximum atomic E-state index is 12.2. The van der Waals surface area contributed by atoms with E-state index in [1.165, 1.54) is 6.08 Å². The Labute approximate surface area is 135 Å².